The standard InChI is InChI=1S/C25H21N3O2.C21H25BN2O3.4C18H15P.C10H8BrNO.Pd/c1-16-6-11-20-21(14-16)22(15-26-24(20)29)17-7-9-19(10-8-17)27-25(30)28-13-12-18-4-2-3-5-23(18)28;1-20(2)21(3,4)27-22(26-20)16-9-11-17(12-10-16)23-19(25)24-14-13-15-7-5-6-8-18(15)24;4*1-4-10-16(11-5-1)19(17-12-6-2-7-13-17)18-14-8-3-9-15-18;1-6-2-3-7-8(4-6)9(11)5-12-10(7)13;/h2-11,14-15H,12-13H2,1H3,(H,26,29)(H,27,30);5-12H,13-14H2,1-4H3,(H,23,25);4*1-15H;2-5H,1H3,(H,12,13);. The maximum atomic E-state index is 12.8. The van der Waals surface area contributed by atoms with E-state index in [0.717, 1.165) is 83.9 Å². The van der Waals surface area contributed by atoms with Gasteiger partial charge in [0.05, 0.1) is 11.2 Å². The van der Waals surface area contributed by atoms with Gasteiger partial charge in [0.1, 0.15) is 0 Å². The minimum atomic E-state index is -0.446. The molecule has 3 aliphatic rings. The fourth-order valence-electron chi connectivity index (χ4n) is 17.6. The van der Waals surface area contributed by atoms with Gasteiger partial charge < -0.3 is 29.9 Å². The van der Waals surface area contributed by atoms with E-state index in [2.05, 4.69) is 413 Å². The van der Waals surface area contributed by atoms with Crippen LogP contribution in [0.1, 0.15) is 49.9 Å². The van der Waals surface area contributed by atoms with Gasteiger partial charge in [-0.05, 0) is 242 Å². The minimum Gasteiger partial charge on any atom is -0.399 e. The molecule has 23 rings (SSSR count). The number of carbonyl (C=O) groups is 2. The Hall–Kier alpha value is -14.2. The van der Waals surface area contributed by atoms with E-state index in [1.807, 2.05) is 163 Å². The summed E-state index contributed by atoms with van der Waals surface area (Å²) in [7, 11) is -2.18. The van der Waals surface area contributed by atoms with Crippen LogP contribution in [0, 0.1) is 13.8 Å². The number of nitrogens with zero attached hydrogens (tertiary/aromatic N) is 2. The van der Waals surface area contributed by atoms with E-state index in [1.54, 1.807) is 22.2 Å². The first-order valence-corrected chi connectivity index (χ1v) is 55.1. The van der Waals surface area contributed by atoms with Crippen molar-refractivity contribution in [3.05, 3.63) is 557 Å². The number of hydrogen-bond acceptors (Lipinski definition) is 6. The number of nitrogens with one attached hydrogen (secondary N) is 4. The third-order valence-corrected chi connectivity index (χ3v) is 36.1. The Labute approximate surface area is 889 Å². The number of aromatic amines is 2. The first kappa shape index (κ1) is 106. The molecule has 0 aliphatic carbocycles. The number of aryl methyl sites for hydroxylation is 2. The smallest absolute Gasteiger partial charge is 0.399 e. The number of amides is 4. The number of aromatic nitrogens is 2. The van der Waals surface area contributed by atoms with Gasteiger partial charge in [0.2, 0.25) is 0 Å². The normalized spacial score (nSPS) is 12.7. The summed E-state index contributed by atoms with van der Waals surface area (Å²) in [4.78, 5) is 58.0. The van der Waals surface area contributed by atoms with Crippen LogP contribution in [0.3, 0.4) is 0 Å². The molecule has 5 heterocycles. The molecule has 0 spiro atoms. The molecule has 19 heteroatoms. The van der Waals surface area contributed by atoms with Crippen molar-refractivity contribution in [1.82, 2.24) is 9.97 Å². The van der Waals surface area contributed by atoms with Crippen molar-refractivity contribution in [2.24, 2.45) is 0 Å². The van der Waals surface area contributed by atoms with Crippen LogP contribution in [0.2, 0.25) is 0 Å². The van der Waals surface area contributed by atoms with Gasteiger partial charge in [-0.3, -0.25) is 19.4 Å². The fourth-order valence-corrected chi connectivity index (χ4v) is 27.2. The zero-order chi connectivity index (χ0) is 101. The number of benzene rings is 18. The number of hydrogen-bond donors (Lipinski definition) is 4. The summed E-state index contributed by atoms with van der Waals surface area (Å²) in [6.45, 7) is 13.6. The van der Waals surface area contributed by atoms with Gasteiger partial charge in [-0.15, -0.1) is 0 Å². The molecule has 4 amide bonds. The number of para-hydroxylation sites is 2. The van der Waals surface area contributed by atoms with Gasteiger partial charge in [0.15, 0.2) is 0 Å². The van der Waals surface area contributed by atoms with Crippen molar-refractivity contribution < 1.29 is 39.3 Å². The van der Waals surface area contributed by atoms with E-state index in [-0.39, 0.29) is 54.8 Å². The van der Waals surface area contributed by atoms with E-state index in [9.17, 15) is 19.2 Å². The molecule has 0 atom stereocenters. The molecule has 20 aromatic rings. The summed E-state index contributed by atoms with van der Waals surface area (Å²) in [5.41, 5.74) is 10.1. The van der Waals surface area contributed by atoms with Crippen LogP contribution >= 0.6 is 47.6 Å². The van der Waals surface area contributed by atoms with Crippen molar-refractivity contribution >= 4 is 180 Å². The Bertz CT molecular complexity index is 6900. The van der Waals surface area contributed by atoms with E-state index >= 15 is 0 Å². The molecule has 1 fully saturated rings. The van der Waals surface area contributed by atoms with Gasteiger partial charge in [0, 0.05) is 94.9 Å². The summed E-state index contributed by atoms with van der Waals surface area (Å²) >= 11 is 3.40. The van der Waals surface area contributed by atoms with Gasteiger partial charge in [-0.25, -0.2) is 9.59 Å². The third kappa shape index (κ3) is 27.4. The van der Waals surface area contributed by atoms with E-state index in [0.29, 0.717) is 18.5 Å². The molecule has 2 aromatic heterocycles. The number of H-pyrrole nitrogens is 2. The molecule has 0 bridgehead atoms. The number of pyridine rings is 2. The summed E-state index contributed by atoms with van der Waals surface area (Å²) in [6, 6.07) is 172. The van der Waals surface area contributed by atoms with Crippen molar-refractivity contribution in [3.8, 4) is 11.1 Å². The molecule has 18 aromatic carbocycles. The second-order valence-corrected chi connectivity index (χ2v) is 45.9. The average Bonchev–Trinajstić information content (AvgIpc) is 1.56. The van der Waals surface area contributed by atoms with Crippen LogP contribution in [0.25, 0.3) is 32.7 Å². The first-order valence-electron chi connectivity index (χ1n) is 48.9. The Balaban J connectivity index is 0.000000124. The molecular weight excluding hydrogens is 2040 g/mol. The Morgan fingerprint density at radius 2 is 0.551 bits per heavy atom. The van der Waals surface area contributed by atoms with Crippen LogP contribution < -0.4 is 101 Å². The number of carbonyl (C=O) groups excluding carboxylic acids is 2. The molecule has 3 aliphatic heterocycles. The predicted molar refractivity (Wildman–Crippen MR) is 628 cm³/mol. The maximum absolute atomic E-state index is 12.8. The Kier molecular flexibility index (Phi) is 37.1. The third-order valence-electron chi connectivity index (χ3n) is 25.6. The fraction of sp³-hybridized carbons (Fsp3) is 0.0938. The molecule has 0 radical (unpaired) electrons. The molecule has 12 nitrogen and oxygen atoms in total. The van der Waals surface area contributed by atoms with Gasteiger partial charge >= 0.3 is 19.2 Å². The van der Waals surface area contributed by atoms with Crippen LogP contribution in [0.5, 0.6) is 0 Å². The van der Waals surface area contributed by atoms with Crippen molar-refractivity contribution in [3.63, 3.8) is 0 Å². The van der Waals surface area contributed by atoms with E-state index < -0.39 is 38.8 Å². The summed E-state index contributed by atoms with van der Waals surface area (Å²) in [6.07, 6.45) is 5.19. The molecular formula is C128H114BBrN6O6P4Pd. The minimum absolute atomic E-state index is 0. The zero-order valence-electron chi connectivity index (χ0n) is 82.7. The Morgan fingerprint density at radius 1 is 0.306 bits per heavy atom. The molecule has 4 N–H and O–H groups in total. The maximum Gasteiger partial charge on any atom is 0.494 e. The first-order chi connectivity index (χ1) is 71.3. The summed E-state index contributed by atoms with van der Waals surface area (Å²) in [5.74, 6) is 0. The number of anilines is 4. The van der Waals surface area contributed by atoms with Crippen LogP contribution in [-0.4, -0.2) is 53.4 Å². The molecule has 1 saturated heterocycles. The number of halogens is 1. The second-order valence-electron chi connectivity index (χ2n) is 36.2. The molecule has 0 unspecified atom stereocenters. The average molecular weight is 2150 g/mol. The quantitative estimate of drug-likeness (QED) is 0.0559. The molecule has 147 heavy (non-hydrogen) atoms. The topological polar surface area (TPSA) is 149 Å². The van der Waals surface area contributed by atoms with Crippen molar-refractivity contribution in [2.75, 3.05) is 33.5 Å². The zero-order valence-corrected chi connectivity index (χ0v) is 89.4. The van der Waals surface area contributed by atoms with E-state index in [4.69, 9.17) is 9.31 Å². The van der Waals surface area contributed by atoms with Gasteiger partial charge in [-0.1, -0.05) is 460 Å². The number of rotatable bonds is 16. The Morgan fingerprint density at radius 3 is 0.837 bits per heavy atom. The van der Waals surface area contributed by atoms with Crippen molar-refractivity contribution in [2.45, 2.75) is 65.6 Å². The molecule has 732 valence electrons. The van der Waals surface area contributed by atoms with Crippen LogP contribution in [0.4, 0.5) is 32.3 Å². The van der Waals surface area contributed by atoms with Crippen LogP contribution in [0.15, 0.2) is 524 Å². The molecule has 0 saturated carbocycles. The summed E-state index contributed by atoms with van der Waals surface area (Å²) < 4.78 is 13.1. The van der Waals surface area contributed by atoms with Gasteiger partial charge in [-0.2, -0.15) is 0 Å². The van der Waals surface area contributed by atoms with E-state index in [1.165, 1.54) is 74.8 Å². The largest absolute Gasteiger partial charge is 0.494 e. The SMILES string of the molecule is CC1(C)OB(c2ccc(NC(=O)N3CCc4ccccc43)cc2)OC1(C)C.Cc1ccc2c(=O)[nH]cc(-c3ccc(NC(=O)N4CCc5ccccc54)cc3)c2c1.Cc1ccc2c(=O)[nH]cc(Br)c2c1.[Pd].c1ccc(P(c2ccccc2)c2ccccc2)cc1.c1ccc(P(c2ccccc2)c2ccccc2)cc1.c1ccc(P(c2ccccc2)c2ccccc2)cc1.c1ccc(P(c2ccccc2)c2ccccc2)cc1. The van der Waals surface area contributed by atoms with Crippen molar-refractivity contribution in [1.29, 1.82) is 0 Å². The van der Waals surface area contributed by atoms with Gasteiger partial charge in [0.25, 0.3) is 11.1 Å². The number of fused-ring (bicyclic) bond motifs is 4. The monoisotopic (exact) mass is 2150 g/mol. The van der Waals surface area contributed by atoms with Crippen LogP contribution in [-0.2, 0) is 42.6 Å². The predicted octanol–water partition coefficient (Wildman–Crippen LogP) is 25.1. The second kappa shape index (κ2) is 51.7. The number of urea groups is 2. The summed E-state index contributed by atoms with van der Waals surface area (Å²) in [5, 5.41) is 26.0.